The van der Waals surface area contributed by atoms with Gasteiger partial charge >= 0.3 is 0 Å². The van der Waals surface area contributed by atoms with Gasteiger partial charge in [-0.05, 0) is 6.08 Å². The van der Waals surface area contributed by atoms with Crippen LogP contribution in [0.15, 0.2) is 37.0 Å². The van der Waals surface area contributed by atoms with Gasteiger partial charge in [-0.1, -0.05) is 31.2 Å². The Morgan fingerprint density at radius 3 is 2.59 bits per heavy atom. The van der Waals surface area contributed by atoms with Crippen molar-refractivity contribution < 1.29 is 9.59 Å². The third kappa shape index (κ3) is 3.76. The summed E-state index contributed by atoms with van der Waals surface area (Å²) in [6.07, 6.45) is 6.28. The molecule has 1 fully saturated rings. The standard InChI is InChI=1S/C14H15NO2/c1-3-5-12(4-2)6-7-14(17)15-10-13(11-15)8-9-16/h3-5,9,13H,1-2,8,10-11H2/b12-5+. The Labute approximate surface area is 101 Å². The predicted octanol–water partition coefficient (Wildman–Crippen LogP) is 1.34. The van der Waals surface area contributed by atoms with Gasteiger partial charge in [-0.2, -0.15) is 0 Å². The Balaban J connectivity index is 2.49. The van der Waals surface area contributed by atoms with Crippen LogP contribution in [0.4, 0.5) is 0 Å². The number of carbonyl (C=O) groups is 2. The van der Waals surface area contributed by atoms with Crippen molar-refractivity contribution in [3.8, 4) is 11.8 Å². The highest BCUT2D eigenvalue weighted by Gasteiger charge is 2.28. The Bertz CT molecular complexity index is 417. The molecule has 3 heteroatoms. The highest BCUT2D eigenvalue weighted by atomic mass is 16.2. The van der Waals surface area contributed by atoms with Gasteiger partial charge in [0.25, 0.3) is 5.91 Å². The molecule has 17 heavy (non-hydrogen) atoms. The molecule has 3 nitrogen and oxygen atoms in total. The number of nitrogens with zero attached hydrogens (tertiary/aromatic N) is 1. The normalized spacial score (nSPS) is 15.3. The van der Waals surface area contributed by atoms with E-state index in [-0.39, 0.29) is 5.91 Å². The van der Waals surface area contributed by atoms with Gasteiger partial charge in [0.05, 0.1) is 0 Å². The fraction of sp³-hybridized carbons (Fsp3) is 0.286. The van der Waals surface area contributed by atoms with Crippen molar-refractivity contribution >= 4 is 12.2 Å². The average molecular weight is 229 g/mol. The maximum absolute atomic E-state index is 11.6. The number of hydrogen-bond donors (Lipinski definition) is 0. The van der Waals surface area contributed by atoms with E-state index in [2.05, 4.69) is 25.0 Å². The van der Waals surface area contributed by atoms with E-state index in [1.165, 1.54) is 0 Å². The molecule has 0 aromatic rings. The van der Waals surface area contributed by atoms with Crippen LogP contribution < -0.4 is 0 Å². The van der Waals surface area contributed by atoms with Gasteiger partial charge in [-0.25, -0.2) is 0 Å². The van der Waals surface area contributed by atoms with E-state index >= 15 is 0 Å². The fourth-order valence-corrected chi connectivity index (χ4v) is 1.51. The summed E-state index contributed by atoms with van der Waals surface area (Å²) in [5.74, 6) is 5.37. The van der Waals surface area contributed by atoms with Crippen LogP contribution in [-0.4, -0.2) is 30.2 Å². The molecule has 88 valence electrons. The molecule has 0 aromatic carbocycles. The molecule has 1 aliphatic rings. The van der Waals surface area contributed by atoms with Crippen molar-refractivity contribution in [2.75, 3.05) is 13.1 Å². The van der Waals surface area contributed by atoms with E-state index in [1.807, 2.05) is 0 Å². The number of hydrogen-bond acceptors (Lipinski definition) is 2. The molecular weight excluding hydrogens is 214 g/mol. The molecule has 0 unspecified atom stereocenters. The van der Waals surface area contributed by atoms with Gasteiger partial charge in [0.2, 0.25) is 0 Å². The quantitative estimate of drug-likeness (QED) is 0.414. The van der Waals surface area contributed by atoms with Crippen molar-refractivity contribution in [1.29, 1.82) is 0 Å². The Morgan fingerprint density at radius 2 is 2.06 bits per heavy atom. The van der Waals surface area contributed by atoms with Crippen molar-refractivity contribution in [3.63, 3.8) is 0 Å². The van der Waals surface area contributed by atoms with Crippen LogP contribution in [0.3, 0.4) is 0 Å². The van der Waals surface area contributed by atoms with Crippen molar-refractivity contribution in [2.45, 2.75) is 6.42 Å². The second kappa shape index (κ2) is 6.49. The first-order chi connectivity index (χ1) is 8.21. The average Bonchev–Trinajstić information content (AvgIpc) is 2.28. The molecule has 0 spiro atoms. The van der Waals surface area contributed by atoms with Crippen LogP contribution in [-0.2, 0) is 9.59 Å². The van der Waals surface area contributed by atoms with Gasteiger partial charge in [-0.3, -0.25) is 4.79 Å². The summed E-state index contributed by atoms with van der Waals surface area (Å²) < 4.78 is 0. The maximum Gasteiger partial charge on any atom is 0.298 e. The van der Waals surface area contributed by atoms with Crippen molar-refractivity contribution in [1.82, 2.24) is 4.90 Å². The van der Waals surface area contributed by atoms with Crippen LogP contribution in [0, 0.1) is 17.8 Å². The van der Waals surface area contributed by atoms with Gasteiger partial charge < -0.3 is 9.69 Å². The number of amides is 1. The van der Waals surface area contributed by atoms with Crippen molar-refractivity contribution in [3.05, 3.63) is 37.0 Å². The molecule has 0 atom stereocenters. The molecule has 1 amide bonds. The summed E-state index contributed by atoms with van der Waals surface area (Å²) in [6.45, 7) is 8.39. The van der Waals surface area contributed by atoms with E-state index < -0.39 is 0 Å². The minimum absolute atomic E-state index is 0.205. The van der Waals surface area contributed by atoms with Crippen LogP contribution in [0.2, 0.25) is 0 Å². The minimum atomic E-state index is -0.205. The lowest BCUT2D eigenvalue weighted by Crippen LogP contribution is -2.49. The smallest absolute Gasteiger partial charge is 0.298 e. The lowest BCUT2D eigenvalue weighted by Gasteiger charge is -2.36. The molecule has 0 saturated carbocycles. The number of likely N-dealkylation sites (tertiary alicyclic amines) is 1. The lowest BCUT2D eigenvalue weighted by molar-refractivity contribution is -0.132. The number of aldehydes is 1. The van der Waals surface area contributed by atoms with Gasteiger partial charge in [0.15, 0.2) is 0 Å². The molecule has 1 aliphatic heterocycles. The first-order valence-corrected chi connectivity index (χ1v) is 5.41. The number of rotatable bonds is 4. The van der Waals surface area contributed by atoms with Gasteiger partial charge in [0.1, 0.15) is 6.29 Å². The van der Waals surface area contributed by atoms with E-state index in [0.29, 0.717) is 31.0 Å². The second-order valence-electron chi connectivity index (χ2n) is 3.79. The topological polar surface area (TPSA) is 37.4 Å². The van der Waals surface area contributed by atoms with E-state index in [4.69, 9.17) is 0 Å². The first kappa shape index (κ1) is 13.0. The van der Waals surface area contributed by atoms with Crippen LogP contribution in [0.1, 0.15) is 6.42 Å². The third-order valence-electron chi connectivity index (χ3n) is 2.51. The highest BCUT2D eigenvalue weighted by Crippen LogP contribution is 2.17. The predicted molar refractivity (Wildman–Crippen MR) is 67.0 cm³/mol. The summed E-state index contributed by atoms with van der Waals surface area (Å²) in [7, 11) is 0. The highest BCUT2D eigenvalue weighted by molar-refractivity contribution is 5.94. The first-order valence-electron chi connectivity index (χ1n) is 5.41. The summed E-state index contributed by atoms with van der Waals surface area (Å²) in [5.41, 5.74) is 0.665. The lowest BCUT2D eigenvalue weighted by atomic mass is 9.97. The second-order valence-corrected chi connectivity index (χ2v) is 3.79. The third-order valence-corrected chi connectivity index (χ3v) is 2.51. The fourth-order valence-electron chi connectivity index (χ4n) is 1.51. The van der Waals surface area contributed by atoms with Gasteiger partial charge in [-0.15, -0.1) is 0 Å². The molecule has 0 radical (unpaired) electrons. The SMILES string of the molecule is C=C/C=C(/C#CC(=O)N1CC(CC=O)C1)C=C. The minimum Gasteiger partial charge on any atom is -0.331 e. The number of allylic oxidation sites excluding steroid dienone is 4. The van der Waals surface area contributed by atoms with Crippen LogP contribution in [0.25, 0.3) is 0 Å². The Kier molecular flexibility index (Phi) is 4.96. The van der Waals surface area contributed by atoms with E-state index in [1.54, 1.807) is 23.1 Å². The molecule has 1 saturated heterocycles. The van der Waals surface area contributed by atoms with E-state index in [0.717, 1.165) is 6.29 Å². The molecule has 0 aliphatic carbocycles. The zero-order valence-electron chi connectivity index (χ0n) is 9.69. The Hall–Kier alpha value is -2.08. The molecule has 0 bridgehead atoms. The number of carbonyl (C=O) groups excluding carboxylic acids is 2. The van der Waals surface area contributed by atoms with Crippen LogP contribution in [0.5, 0.6) is 0 Å². The van der Waals surface area contributed by atoms with E-state index in [9.17, 15) is 9.59 Å². The summed E-state index contributed by atoms with van der Waals surface area (Å²) in [4.78, 5) is 23.5. The largest absolute Gasteiger partial charge is 0.331 e. The Morgan fingerprint density at radius 1 is 1.35 bits per heavy atom. The summed E-state index contributed by atoms with van der Waals surface area (Å²) >= 11 is 0. The monoisotopic (exact) mass is 229 g/mol. The van der Waals surface area contributed by atoms with Gasteiger partial charge in [0, 0.05) is 36.9 Å². The molecule has 1 rings (SSSR count). The molecular formula is C14H15NO2. The maximum atomic E-state index is 11.6. The summed E-state index contributed by atoms with van der Waals surface area (Å²) in [6, 6.07) is 0. The summed E-state index contributed by atoms with van der Waals surface area (Å²) in [5, 5.41) is 0. The van der Waals surface area contributed by atoms with Crippen LogP contribution >= 0.6 is 0 Å². The zero-order chi connectivity index (χ0) is 12.7. The zero-order valence-corrected chi connectivity index (χ0v) is 9.69. The molecule has 0 aromatic heterocycles. The van der Waals surface area contributed by atoms with Crippen molar-refractivity contribution in [2.24, 2.45) is 5.92 Å². The molecule has 0 N–H and O–H groups in total. The molecule has 1 heterocycles.